The Morgan fingerprint density at radius 3 is 2.80 bits per heavy atom. The maximum absolute atomic E-state index is 4.11. The molecule has 4 heteroatoms. The van der Waals surface area contributed by atoms with E-state index in [1.54, 1.807) is 10.9 Å². The molecule has 0 aliphatic heterocycles. The molecule has 2 aromatic rings. The molecule has 0 aliphatic carbocycles. The van der Waals surface area contributed by atoms with Gasteiger partial charge in [-0.15, -0.1) is 0 Å². The summed E-state index contributed by atoms with van der Waals surface area (Å²) in [6, 6.07) is 4.00. The Hall–Kier alpha value is -1.68. The number of hydrogen-bond acceptors (Lipinski definition) is 3. The van der Waals surface area contributed by atoms with Crippen LogP contribution < -0.4 is 5.32 Å². The predicted octanol–water partition coefficient (Wildman–Crippen LogP) is 1.10. The van der Waals surface area contributed by atoms with E-state index in [1.165, 1.54) is 11.1 Å². The van der Waals surface area contributed by atoms with Gasteiger partial charge in [0.05, 0.1) is 6.20 Å². The van der Waals surface area contributed by atoms with Crippen LogP contribution in [0.3, 0.4) is 0 Å². The first-order valence-corrected chi connectivity index (χ1v) is 4.92. The molecule has 0 unspecified atom stereocenters. The zero-order valence-electron chi connectivity index (χ0n) is 8.72. The van der Waals surface area contributed by atoms with Crippen molar-refractivity contribution in [3.8, 4) is 0 Å². The van der Waals surface area contributed by atoms with Crippen LogP contribution in [0.1, 0.15) is 11.1 Å². The summed E-state index contributed by atoms with van der Waals surface area (Å²) in [4.78, 5) is 4.06. The molecule has 4 nitrogen and oxygen atoms in total. The average Bonchev–Trinajstić information content (AvgIpc) is 2.66. The highest BCUT2D eigenvalue weighted by Gasteiger charge is 1.95. The number of hydrogen-bond donors (Lipinski definition) is 1. The molecule has 0 saturated carbocycles. The van der Waals surface area contributed by atoms with Gasteiger partial charge in [-0.3, -0.25) is 9.67 Å². The molecule has 15 heavy (non-hydrogen) atoms. The number of nitrogens with one attached hydrogen (secondary N) is 1. The van der Waals surface area contributed by atoms with Gasteiger partial charge < -0.3 is 5.32 Å². The monoisotopic (exact) mass is 202 g/mol. The highest BCUT2D eigenvalue weighted by Crippen LogP contribution is 1.98. The molecule has 0 spiro atoms. The van der Waals surface area contributed by atoms with Crippen LogP contribution in [0.25, 0.3) is 0 Å². The predicted molar refractivity (Wildman–Crippen MR) is 58.0 cm³/mol. The first kappa shape index (κ1) is 9.86. The first-order valence-electron chi connectivity index (χ1n) is 4.92. The summed E-state index contributed by atoms with van der Waals surface area (Å²) >= 11 is 0. The van der Waals surface area contributed by atoms with Gasteiger partial charge in [-0.2, -0.15) is 5.10 Å². The summed E-state index contributed by atoms with van der Waals surface area (Å²) in [5.74, 6) is 0. The lowest BCUT2D eigenvalue weighted by Gasteiger charge is -2.01. The summed E-state index contributed by atoms with van der Waals surface area (Å²) in [7, 11) is 1.92. The maximum atomic E-state index is 4.11. The topological polar surface area (TPSA) is 42.7 Å². The van der Waals surface area contributed by atoms with E-state index in [1.807, 2.05) is 31.7 Å². The van der Waals surface area contributed by atoms with Gasteiger partial charge in [-0.1, -0.05) is 6.07 Å². The zero-order valence-corrected chi connectivity index (χ0v) is 8.72. The highest BCUT2D eigenvalue weighted by molar-refractivity contribution is 5.09. The number of aromatic nitrogens is 3. The normalized spacial score (nSPS) is 10.5. The molecule has 0 aliphatic rings. The van der Waals surface area contributed by atoms with E-state index < -0.39 is 0 Å². The molecular formula is C11H14N4. The second-order valence-corrected chi connectivity index (χ2v) is 3.49. The summed E-state index contributed by atoms with van der Waals surface area (Å²) in [5.41, 5.74) is 2.39. The van der Waals surface area contributed by atoms with Crippen LogP contribution in [-0.2, 0) is 20.1 Å². The number of aryl methyl sites for hydroxylation is 1. The molecule has 0 bridgehead atoms. The molecule has 2 heterocycles. The minimum absolute atomic E-state index is 0.836. The van der Waals surface area contributed by atoms with Crippen molar-refractivity contribution in [1.29, 1.82) is 0 Å². The molecule has 0 fully saturated rings. The fourth-order valence-electron chi connectivity index (χ4n) is 1.42. The minimum Gasteiger partial charge on any atom is -0.308 e. The van der Waals surface area contributed by atoms with Crippen molar-refractivity contribution in [2.24, 2.45) is 7.05 Å². The lowest BCUT2D eigenvalue weighted by atomic mass is 10.3. The van der Waals surface area contributed by atoms with Gasteiger partial charge in [-0.25, -0.2) is 0 Å². The van der Waals surface area contributed by atoms with Crippen molar-refractivity contribution in [3.63, 3.8) is 0 Å². The number of nitrogens with zero attached hydrogens (tertiary/aromatic N) is 3. The molecule has 2 rings (SSSR count). The third-order valence-corrected chi connectivity index (χ3v) is 2.14. The third kappa shape index (κ3) is 2.89. The van der Waals surface area contributed by atoms with Crippen LogP contribution in [0.15, 0.2) is 36.9 Å². The van der Waals surface area contributed by atoms with Gasteiger partial charge in [0.15, 0.2) is 0 Å². The van der Waals surface area contributed by atoms with Crippen LogP contribution >= 0.6 is 0 Å². The van der Waals surface area contributed by atoms with Crippen molar-refractivity contribution in [2.45, 2.75) is 13.1 Å². The van der Waals surface area contributed by atoms with Crippen molar-refractivity contribution in [1.82, 2.24) is 20.1 Å². The number of pyridine rings is 1. The summed E-state index contributed by atoms with van der Waals surface area (Å²) in [6.07, 6.45) is 7.54. The Kier molecular flexibility index (Phi) is 3.09. The number of rotatable bonds is 4. The molecule has 0 radical (unpaired) electrons. The minimum atomic E-state index is 0.836. The second kappa shape index (κ2) is 4.70. The standard InChI is InChI=1S/C11H14N4/c1-15-9-11(8-14-15)7-13-6-10-3-2-4-12-5-10/h2-5,8-9,13H,6-7H2,1H3. The fraction of sp³-hybridized carbons (Fsp3) is 0.273. The van der Waals surface area contributed by atoms with Crippen LogP contribution in [0.4, 0.5) is 0 Å². The quantitative estimate of drug-likeness (QED) is 0.807. The van der Waals surface area contributed by atoms with E-state index in [-0.39, 0.29) is 0 Å². The van der Waals surface area contributed by atoms with Crippen molar-refractivity contribution >= 4 is 0 Å². The molecule has 0 amide bonds. The van der Waals surface area contributed by atoms with Gasteiger partial charge in [0.2, 0.25) is 0 Å². The average molecular weight is 202 g/mol. The lowest BCUT2D eigenvalue weighted by molar-refractivity contribution is 0.690. The van der Waals surface area contributed by atoms with E-state index in [0.29, 0.717) is 0 Å². The van der Waals surface area contributed by atoms with Gasteiger partial charge >= 0.3 is 0 Å². The molecule has 0 saturated heterocycles. The Bertz CT molecular complexity index is 408. The fourth-order valence-corrected chi connectivity index (χ4v) is 1.42. The van der Waals surface area contributed by atoms with Crippen LogP contribution in [0.5, 0.6) is 0 Å². The zero-order chi connectivity index (χ0) is 10.5. The Morgan fingerprint density at radius 2 is 2.13 bits per heavy atom. The SMILES string of the molecule is Cn1cc(CNCc2cccnc2)cn1. The molecule has 0 atom stereocenters. The maximum Gasteiger partial charge on any atom is 0.0534 e. The van der Waals surface area contributed by atoms with Gasteiger partial charge in [0, 0.05) is 44.3 Å². The van der Waals surface area contributed by atoms with Crippen LogP contribution in [-0.4, -0.2) is 14.8 Å². The lowest BCUT2D eigenvalue weighted by Crippen LogP contribution is -2.12. The third-order valence-electron chi connectivity index (χ3n) is 2.14. The largest absolute Gasteiger partial charge is 0.308 e. The van der Waals surface area contributed by atoms with E-state index in [0.717, 1.165) is 13.1 Å². The van der Waals surface area contributed by atoms with Crippen molar-refractivity contribution < 1.29 is 0 Å². The van der Waals surface area contributed by atoms with E-state index in [9.17, 15) is 0 Å². The van der Waals surface area contributed by atoms with E-state index in [4.69, 9.17) is 0 Å². The Morgan fingerprint density at radius 1 is 1.27 bits per heavy atom. The second-order valence-electron chi connectivity index (χ2n) is 3.49. The van der Waals surface area contributed by atoms with Crippen molar-refractivity contribution in [2.75, 3.05) is 0 Å². The summed E-state index contributed by atoms with van der Waals surface area (Å²) in [6.45, 7) is 1.67. The molecular weight excluding hydrogens is 188 g/mol. The summed E-state index contributed by atoms with van der Waals surface area (Å²) < 4.78 is 1.81. The Labute approximate surface area is 89.0 Å². The van der Waals surface area contributed by atoms with Crippen molar-refractivity contribution in [3.05, 3.63) is 48.0 Å². The van der Waals surface area contributed by atoms with E-state index in [2.05, 4.69) is 21.5 Å². The highest BCUT2D eigenvalue weighted by atomic mass is 15.2. The van der Waals surface area contributed by atoms with Crippen LogP contribution in [0.2, 0.25) is 0 Å². The van der Waals surface area contributed by atoms with Gasteiger partial charge in [0.1, 0.15) is 0 Å². The van der Waals surface area contributed by atoms with Gasteiger partial charge in [-0.05, 0) is 11.6 Å². The molecule has 1 N–H and O–H groups in total. The molecule has 0 aromatic carbocycles. The first-order chi connectivity index (χ1) is 7.34. The Balaban J connectivity index is 1.80. The van der Waals surface area contributed by atoms with E-state index >= 15 is 0 Å². The smallest absolute Gasteiger partial charge is 0.0534 e. The molecule has 2 aromatic heterocycles. The van der Waals surface area contributed by atoms with Gasteiger partial charge in [0.25, 0.3) is 0 Å². The van der Waals surface area contributed by atoms with Crippen LogP contribution in [0, 0.1) is 0 Å². The molecule has 78 valence electrons. The summed E-state index contributed by atoms with van der Waals surface area (Å²) in [5, 5.41) is 7.44.